The van der Waals surface area contributed by atoms with Crippen LogP contribution in [0.25, 0.3) is 0 Å². The zero-order chi connectivity index (χ0) is 21.9. The molecule has 0 radical (unpaired) electrons. The first-order valence-electron chi connectivity index (χ1n) is 8.60. The number of benzene rings is 2. The zero-order valence-corrected chi connectivity index (χ0v) is 15.6. The van der Waals surface area contributed by atoms with Crippen LogP contribution in [0.5, 0.6) is 11.5 Å². The van der Waals surface area contributed by atoms with Gasteiger partial charge in [0.2, 0.25) is 0 Å². The van der Waals surface area contributed by atoms with Gasteiger partial charge in [-0.15, -0.1) is 0 Å². The highest BCUT2D eigenvalue weighted by Gasteiger charge is 2.15. The molecule has 0 aliphatic heterocycles. The number of carboxylic acid groups (broad SMARTS) is 2. The van der Waals surface area contributed by atoms with E-state index in [1.54, 1.807) is 0 Å². The van der Waals surface area contributed by atoms with Gasteiger partial charge >= 0.3 is 23.9 Å². The van der Waals surface area contributed by atoms with E-state index in [0.29, 0.717) is 0 Å². The summed E-state index contributed by atoms with van der Waals surface area (Å²) in [6.07, 6.45) is 0. The predicted molar refractivity (Wildman–Crippen MR) is 99.7 cm³/mol. The molecule has 158 valence electrons. The first-order valence-corrected chi connectivity index (χ1v) is 8.60. The monoisotopic (exact) mass is 418 g/mol. The molecule has 0 aliphatic rings. The summed E-state index contributed by atoms with van der Waals surface area (Å²) in [5.74, 6) is -4.25. The third-order valence-corrected chi connectivity index (χ3v) is 3.49. The molecule has 10 nitrogen and oxygen atoms in total. The van der Waals surface area contributed by atoms with Gasteiger partial charge in [-0.05, 0) is 24.3 Å². The maximum atomic E-state index is 11.7. The molecule has 2 aromatic rings. The summed E-state index contributed by atoms with van der Waals surface area (Å²) < 4.78 is 20.0. The van der Waals surface area contributed by atoms with E-state index in [-0.39, 0.29) is 35.8 Å². The van der Waals surface area contributed by atoms with Crippen LogP contribution in [0.15, 0.2) is 48.5 Å². The summed E-state index contributed by atoms with van der Waals surface area (Å²) in [5, 5.41) is 18.1. The van der Waals surface area contributed by atoms with Crippen LogP contribution >= 0.6 is 0 Å². The fourth-order valence-corrected chi connectivity index (χ4v) is 2.20. The molecule has 2 N–H and O–H groups in total. The number of hydrogen-bond donors (Lipinski definition) is 2. The summed E-state index contributed by atoms with van der Waals surface area (Å²) in [4.78, 5) is 45.5. The summed E-state index contributed by atoms with van der Waals surface area (Å²) in [7, 11) is 0. The third kappa shape index (κ3) is 7.00. The van der Waals surface area contributed by atoms with Gasteiger partial charge in [0.25, 0.3) is 0 Å². The lowest BCUT2D eigenvalue weighted by Crippen LogP contribution is -2.21. The number of rotatable bonds is 11. The third-order valence-electron chi connectivity index (χ3n) is 3.49. The van der Waals surface area contributed by atoms with Crippen molar-refractivity contribution in [2.45, 2.75) is 0 Å². The van der Waals surface area contributed by atoms with E-state index in [4.69, 9.17) is 29.2 Å². The highest BCUT2D eigenvalue weighted by Crippen LogP contribution is 2.18. The molecule has 0 saturated carbocycles. The van der Waals surface area contributed by atoms with Gasteiger partial charge in [-0.1, -0.05) is 24.3 Å². The quantitative estimate of drug-likeness (QED) is 0.314. The SMILES string of the molecule is O=C(COCCOCC(=O)Oc1ccccc1C(=O)O)Oc1ccccc1C(=O)O. The van der Waals surface area contributed by atoms with E-state index in [9.17, 15) is 19.2 Å². The Labute approximate surface area is 170 Å². The summed E-state index contributed by atoms with van der Waals surface area (Å²) in [6, 6.07) is 11.3. The molecule has 0 atom stereocenters. The summed E-state index contributed by atoms with van der Waals surface area (Å²) >= 11 is 0. The molecule has 0 saturated heterocycles. The number of carbonyl (C=O) groups excluding carboxylic acids is 2. The van der Waals surface area contributed by atoms with E-state index in [1.807, 2.05) is 0 Å². The topological polar surface area (TPSA) is 146 Å². The Morgan fingerprint density at radius 3 is 1.37 bits per heavy atom. The molecule has 0 aliphatic carbocycles. The smallest absolute Gasteiger partial charge is 0.339 e. The van der Waals surface area contributed by atoms with Crippen LogP contribution in [-0.2, 0) is 19.1 Å². The van der Waals surface area contributed by atoms with Gasteiger partial charge in [0, 0.05) is 0 Å². The lowest BCUT2D eigenvalue weighted by Gasteiger charge is -2.09. The van der Waals surface area contributed by atoms with E-state index in [0.717, 1.165) is 0 Å². The highest BCUT2D eigenvalue weighted by molar-refractivity contribution is 5.92. The fourth-order valence-electron chi connectivity index (χ4n) is 2.20. The van der Waals surface area contributed by atoms with E-state index in [1.165, 1.54) is 48.5 Å². The van der Waals surface area contributed by atoms with E-state index >= 15 is 0 Å². The number of aromatic carboxylic acids is 2. The van der Waals surface area contributed by atoms with Crippen molar-refractivity contribution in [3.63, 3.8) is 0 Å². The predicted octanol–water partition coefficient (Wildman–Crippen LogP) is 1.63. The molecule has 30 heavy (non-hydrogen) atoms. The average Bonchev–Trinajstić information content (AvgIpc) is 2.71. The molecule has 0 unspecified atom stereocenters. The Hall–Kier alpha value is -3.76. The Kier molecular flexibility index (Phi) is 8.48. The molecule has 0 aromatic heterocycles. The standard InChI is InChI=1S/C20H18O10/c21-17(29-15-7-3-1-5-13(15)19(23)24)11-27-9-10-28-12-18(22)30-16-8-4-2-6-14(16)20(25)26/h1-8H,9-12H2,(H,23,24)(H,25,26). The maximum absolute atomic E-state index is 11.7. The average molecular weight is 418 g/mol. The Balaban J connectivity index is 1.65. The second-order valence-corrected chi connectivity index (χ2v) is 5.66. The van der Waals surface area contributed by atoms with Crippen LogP contribution in [-0.4, -0.2) is 60.5 Å². The van der Waals surface area contributed by atoms with Crippen LogP contribution in [0.1, 0.15) is 20.7 Å². The number of para-hydroxylation sites is 2. The number of carboxylic acids is 2. The van der Waals surface area contributed by atoms with Crippen molar-refractivity contribution in [1.29, 1.82) is 0 Å². The van der Waals surface area contributed by atoms with Crippen LogP contribution in [0.2, 0.25) is 0 Å². The minimum absolute atomic E-state index is 0.0470. The Morgan fingerprint density at radius 2 is 1.00 bits per heavy atom. The van der Waals surface area contributed by atoms with Gasteiger partial charge in [-0.2, -0.15) is 0 Å². The highest BCUT2D eigenvalue weighted by atomic mass is 16.6. The van der Waals surface area contributed by atoms with Gasteiger partial charge in [0.1, 0.15) is 35.8 Å². The molecule has 0 heterocycles. The normalized spacial score (nSPS) is 10.3. The van der Waals surface area contributed by atoms with E-state index < -0.39 is 37.1 Å². The van der Waals surface area contributed by atoms with Gasteiger partial charge in [-0.3, -0.25) is 0 Å². The van der Waals surface area contributed by atoms with Crippen molar-refractivity contribution < 1.29 is 48.3 Å². The molecular weight excluding hydrogens is 400 g/mol. The number of esters is 2. The first kappa shape index (κ1) is 22.5. The molecular formula is C20H18O10. The number of hydrogen-bond acceptors (Lipinski definition) is 8. The number of ether oxygens (including phenoxy) is 4. The zero-order valence-electron chi connectivity index (χ0n) is 15.6. The Morgan fingerprint density at radius 1 is 0.633 bits per heavy atom. The molecule has 2 rings (SSSR count). The largest absolute Gasteiger partial charge is 0.478 e. The second-order valence-electron chi connectivity index (χ2n) is 5.66. The van der Waals surface area contributed by atoms with Crippen molar-refractivity contribution in [3.8, 4) is 11.5 Å². The van der Waals surface area contributed by atoms with Crippen LogP contribution in [0.4, 0.5) is 0 Å². The molecule has 0 amide bonds. The first-order chi connectivity index (χ1) is 14.4. The molecule has 10 heteroatoms. The molecule has 0 bridgehead atoms. The van der Waals surface area contributed by atoms with Crippen molar-refractivity contribution in [2.75, 3.05) is 26.4 Å². The Bertz CT molecular complexity index is 846. The van der Waals surface area contributed by atoms with E-state index in [2.05, 4.69) is 0 Å². The molecule has 0 fully saturated rings. The molecule has 0 spiro atoms. The van der Waals surface area contributed by atoms with Crippen molar-refractivity contribution in [1.82, 2.24) is 0 Å². The van der Waals surface area contributed by atoms with Crippen LogP contribution in [0.3, 0.4) is 0 Å². The van der Waals surface area contributed by atoms with Crippen molar-refractivity contribution >= 4 is 23.9 Å². The summed E-state index contributed by atoms with van der Waals surface area (Å²) in [5.41, 5.74) is -0.311. The lowest BCUT2D eigenvalue weighted by molar-refractivity contribution is -0.143. The van der Waals surface area contributed by atoms with Gasteiger partial charge < -0.3 is 29.2 Å². The van der Waals surface area contributed by atoms with Gasteiger partial charge in [0.05, 0.1) is 13.2 Å². The fraction of sp³-hybridized carbons (Fsp3) is 0.200. The summed E-state index contributed by atoms with van der Waals surface area (Å²) in [6.45, 7) is -0.995. The minimum atomic E-state index is -1.23. The number of carbonyl (C=O) groups is 4. The molecule has 2 aromatic carbocycles. The van der Waals surface area contributed by atoms with Crippen LogP contribution in [0, 0.1) is 0 Å². The van der Waals surface area contributed by atoms with Gasteiger partial charge in [-0.25, -0.2) is 19.2 Å². The van der Waals surface area contributed by atoms with Crippen molar-refractivity contribution in [3.05, 3.63) is 59.7 Å². The maximum Gasteiger partial charge on any atom is 0.339 e. The minimum Gasteiger partial charge on any atom is -0.478 e. The van der Waals surface area contributed by atoms with Crippen LogP contribution < -0.4 is 9.47 Å². The van der Waals surface area contributed by atoms with Gasteiger partial charge in [0.15, 0.2) is 0 Å². The lowest BCUT2D eigenvalue weighted by atomic mass is 10.2. The van der Waals surface area contributed by atoms with Crippen molar-refractivity contribution in [2.24, 2.45) is 0 Å². The second kappa shape index (κ2) is 11.3.